The van der Waals surface area contributed by atoms with E-state index in [1.54, 1.807) is 0 Å². The minimum absolute atomic E-state index is 0.0305. The molecular formula is C30H44N4O3. The molecule has 1 aliphatic carbocycles. The quantitative estimate of drug-likeness (QED) is 0.547. The van der Waals surface area contributed by atoms with Crippen LogP contribution in [0.5, 0.6) is 0 Å². The van der Waals surface area contributed by atoms with Crippen LogP contribution in [0.3, 0.4) is 0 Å². The highest BCUT2D eigenvalue weighted by Gasteiger charge is 2.43. The van der Waals surface area contributed by atoms with Crippen molar-refractivity contribution in [3.8, 4) is 6.07 Å². The van der Waals surface area contributed by atoms with Crippen LogP contribution in [0.1, 0.15) is 70.8 Å². The Kier molecular flexibility index (Phi) is 9.26. The van der Waals surface area contributed by atoms with Gasteiger partial charge in [-0.3, -0.25) is 14.5 Å². The smallest absolute Gasteiger partial charge is 0.224 e. The SMILES string of the molecule is CC(C)(CN1CC[C@@](C#N)(NC(=O)[C@@H](CC(=O)N2CCOCC2)CC2CCCCC2)C1)c1ccccc1. The lowest BCUT2D eigenvalue weighted by Gasteiger charge is -2.33. The molecule has 7 nitrogen and oxygen atoms in total. The van der Waals surface area contributed by atoms with Crippen LogP contribution in [0.4, 0.5) is 0 Å². The second-order valence-corrected chi connectivity index (χ2v) is 12.0. The Morgan fingerprint density at radius 2 is 1.84 bits per heavy atom. The zero-order valence-electron chi connectivity index (χ0n) is 22.7. The average molecular weight is 509 g/mol. The van der Waals surface area contributed by atoms with Gasteiger partial charge < -0.3 is 15.0 Å². The summed E-state index contributed by atoms with van der Waals surface area (Å²) in [7, 11) is 0. The summed E-state index contributed by atoms with van der Waals surface area (Å²) < 4.78 is 5.40. The maximum Gasteiger partial charge on any atom is 0.224 e. The minimum Gasteiger partial charge on any atom is -0.378 e. The molecule has 3 aliphatic rings. The van der Waals surface area contributed by atoms with E-state index in [1.807, 2.05) is 11.0 Å². The summed E-state index contributed by atoms with van der Waals surface area (Å²) in [5.74, 6) is -0.00826. The van der Waals surface area contributed by atoms with Gasteiger partial charge in [0.15, 0.2) is 0 Å². The van der Waals surface area contributed by atoms with Gasteiger partial charge in [0.05, 0.1) is 19.3 Å². The molecule has 0 aromatic heterocycles. The molecule has 2 atom stereocenters. The Labute approximate surface area is 222 Å². The van der Waals surface area contributed by atoms with E-state index in [2.05, 4.69) is 54.4 Å². The second-order valence-electron chi connectivity index (χ2n) is 12.0. The Bertz CT molecular complexity index is 947. The molecule has 2 aliphatic heterocycles. The third kappa shape index (κ3) is 7.33. The molecule has 1 N–H and O–H groups in total. The van der Waals surface area contributed by atoms with Gasteiger partial charge in [-0.05, 0) is 24.3 Å². The van der Waals surface area contributed by atoms with Crippen molar-refractivity contribution in [2.24, 2.45) is 11.8 Å². The first-order valence-corrected chi connectivity index (χ1v) is 14.2. The molecule has 7 heteroatoms. The first-order chi connectivity index (χ1) is 17.8. The van der Waals surface area contributed by atoms with Crippen LogP contribution in [-0.2, 0) is 19.7 Å². The molecule has 2 heterocycles. The largest absolute Gasteiger partial charge is 0.378 e. The predicted octanol–water partition coefficient (Wildman–Crippen LogP) is 3.88. The molecule has 0 spiro atoms. The van der Waals surface area contributed by atoms with Crippen LogP contribution in [0.25, 0.3) is 0 Å². The predicted molar refractivity (Wildman–Crippen MR) is 144 cm³/mol. The lowest BCUT2D eigenvalue weighted by molar-refractivity contribution is -0.140. The van der Waals surface area contributed by atoms with Gasteiger partial charge in [-0.1, -0.05) is 76.3 Å². The van der Waals surface area contributed by atoms with E-state index in [9.17, 15) is 14.9 Å². The van der Waals surface area contributed by atoms with Crippen molar-refractivity contribution in [2.75, 3.05) is 45.9 Å². The summed E-state index contributed by atoms with van der Waals surface area (Å²) >= 11 is 0. The number of likely N-dealkylation sites (tertiary alicyclic amines) is 1. The van der Waals surface area contributed by atoms with Crippen molar-refractivity contribution < 1.29 is 14.3 Å². The molecule has 4 rings (SSSR count). The van der Waals surface area contributed by atoms with E-state index < -0.39 is 11.5 Å². The fourth-order valence-electron chi connectivity index (χ4n) is 6.38. The maximum atomic E-state index is 13.7. The summed E-state index contributed by atoms with van der Waals surface area (Å²) in [6.45, 7) is 8.83. The van der Waals surface area contributed by atoms with E-state index in [-0.39, 0.29) is 23.7 Å². The van der Waals surface area contributed by atoms with Crippen molar-refractivity contribution in [3.63, 3.8) is 0 Å². The maximum absolute atomic E-state index is 13.7. The molecule has 37 heavy (non-hydrogen) atoms. The fraction of sp³-hybridized carbons (Fsp3) is 0.700. The second kappa shape index (κ2) is 12.4. The van der Waals surface area contributed by atoms with Gasteiger partial charge in [0, 0.05) is 50.5 Å². The molecule has 3 fully saturated rings. The lowest BCUT2D eigenvalue weighted by Crippen LogP contribution is -2.52. The number of nitrogens with zero attached hydrogens (tertiary/aromatic N) is 3. The third-order valence-electron chi connectivity index (χ3n) is 8.60. The molecule has 1 aromatic rings. The van der Waals surface area contributed by atoms with Gasteiger partial charge in [0.25, 0.3) is 0 Å². The number of hydrogen-bond donors (Lipinski definition) is 1. The molecule has 0 radical (unpaired) electrons. The minimum atomic E-state index is -0.906. The number of ether oxygens (including phenoxy) is 1. The number of rotatable bonds is 9. The number of morpholine rings is 1. The van der Waals surface area contributed by atoms with Gasteiger partial charge in [-0.15, -0.1) is 0 Å². The summed E-state index contributed by atoms with van der Waals surface area (Å²) in [4.78, 5) is 30.9. The molecule has 2 saturated heterocycles. The van der Waals surface area contributed by atoms with Gasteiger partial charge in [-0.25, -0.2) is 0 Å². The summed E-state index contributed by atoms with van der Waals surface area (Å²) in [5, 5.41) is 13.4. The van der Waals surface area contributed by atoms with Crippen molar-refractivity contribution >= 4 is 11.8 Å². The zero-order chi connectivity index (χ0) is 26.3. The fourth-order valence-corrected chi connectivity index (χ4v) is 6.38. The van der Waals surface area contributed by atoms with Crippen LogP contribution < -0.4 is 5.32 Å². The first kappa shape index (κ1) is 27.6. The molecule has 0 bridgehead atoms. The van der Waals surface area contributed by atoms with Crippen molar-refractivity contribution in [1.82, 2.24) is 15.1 Å². The normalized spacial score (nSPS) is 24.4. The van der Waals surface area contributed by atoms with E-state index in [0.29, 0.717) is 45.2 Å². The van der Waals surface area contributed by atoms with E-state index in [4.69, 9.17) is 4.74 Å². The Morgan fingerprint density at radius 1 is 1.14 bits per heavy atom. The number of amides is 2. The van der Waals surface area contributed by atoms with Crippen LogP contribution in [0, 0.1) is 23.2 Å². The van der Waals surface area contributed by atoms with Crippen LogP contribution >= 0.6 is 0 Å². The number of benzene rings is 1. The van der Waals surface area contributed by atoms with Crippen LogP contribution in [0.2, 0.25) is 0 Å². The average Bonchev–Trinajstić information content (AvgIpc) is 3.31. The summed E-state index contributed by atoms with van der Waals surface area (Å²) in [5.41, 5.74) is 0.296. The highest BCUT2D eigenvalue weighted by atomic mass is 16.5. The number of carbonyl (C=O) groups excluding carboxylic acids is 2. The molecule has 2 amide bonds. The van der Waals surface area contributed by atoms with Gasteiger partial charge in [-0.2, -0.15) is 5.26 Å². The van der Waals surface area contributed by atoms with E-state index in [1.165, 1.54) is 24.8 Å². The number of hydrogen-bond acceptors (Lipinski definition) is 5. The Morgan fingerprint density at radius 3 is 2.51 bits per heavy atom. The monoisotopic (exact) mass is 508 g/mol. The Hall–Kier alpha value is -2.43. The van der Waals surface area contributed by atoms with Crippen LogP contribution in [-0.4, -0.2) is 73.1 Å². The van der Waals surface area contributed by atoms with E-state index in [0.717, 1.165) is 32.4 Å². The number of nitrogens with one attached hydrogen (secondary N) is 1. The van der Waals surface area contributed by atoms with Gasteiger partial charge >= 0.3 is 0 Å². The highest BCUT2D eigenvalue weighted by Crippen LogP contribution is 2.32. The molecule has 1 aromatic carbocycles. The van der Waals surface area contributed by atoms with E-state index >= 15 is 0 Å². The van der Waals surface area contributed by atoms with Crippen molar-refractivity contribution in [3.05, 3.63) is 35.9 Å². The summed E-state index contributed by atoms with van der Waals surface area (Å²) in [6.07, 6.45) is 7.46. The zero-order valence-corrected chi connectivity index (χ0v) is 22.7. The van der Waals surface area contributed by atoms with Gasteiger partial charge in [0.2, 0.25) is 11.8 Å². The standard InChI is InChI=1S/C30H44N4O3/c1-29(2,26-11-7-4-8-12-26)22-33-14-13-30(21-31,23-33)32-28(36)25(19-24-9-5-3-6-10-24)20-27(35)34-15-17-37-18-16-34/h4,7-8,11-12,24-25H,3,5-6,9-10,13-20,22-23H2,1-2H3,(H,32,36)/t25-,30+/m1/s1. The van der Waals surface area contributed by atoms with Crippen molar-refractivity contribution in [1.29, 1.82) is 5.26 Å². The topological polar surface area (TPSA) is 85.7 Å². The van der Waals surface area contributed by atoms with Crippen molar-refractivity contribution in [2.45, 2.75) is 76.2 Å². The van der Waals surface area contributed by atoms with Gasteiger partial charge in [0.1, 0.15) is 5.54 Å². The number of carbonyl (C=O) groups is 2. The third-order valence-corrected chi connectivity index (χ3v) is 8.60. The van der Waals surface area contributed by atoms with Crippen LogP contribution in [0.15, 0.2) is 30.3 Å². The molecule has 202 valence electrons. The summed E-state index contributed by atoms with van der Waals surface area (Å²) in [6, 6.07) is 12.9. The Balaban J connectivity index is 1.41. The molecular weight excluding hydrogens is 464 g/mol. The molecule has 0 unspecified atom stereocenters. The molecule has 1 saturated carbocycles. The number of nitriles is 1. The lowest BCUT2D eigenvalue weighted by atomic mass is 9.81. The first-order valence-electron chi connectivity index (χ1n) is 14.2. The highest BCUT2D eigenvalue weighted by molar-refractivity contribution is 5.86.